The van der Waals surface area contributed by atoms with E-state index in [1.807, 2.05) is 4.90 Å². The maximum Gasteiger partial charge on any atom is 0.208 e. The van der Waals surface area contributed by atoms with Gasteiger partial charge >= 0.3 is 0 Å². The zero-order valence-corrected chi connectivity index (χ0v) is 9.26. The number of rotatable bonds is 8. The number of aliphatic hydroxyl groups excluding tert-OH is 1. The van der Waals surface area contributed by atoms with Gasteiger partial charge in [-0.1, -0.05) is 6.08 Å². The van der Waals surface area contributed by atoms with Crippen LogP contribution in [0.25, 0.3) is 0 Å². The van der Waals surface area contributed by atoms with Crippen molar-refractivity contribution in [3.63, 3.8) is 0 Å². The van der Waals surface area contributed by atoms with Crippen molar-refractivity contribution in [1.82, 2.24) is 9.62 Å². The molecule has 0 aromatic carbocycles. The summed E-state index contributed by atoms with van der Waals surface area (Å²) in [4.78, 5) is 1.91. The first-order valence-electron chi connectivity index (χ1n) is 4.38. The third kappa shape index (κ3) is 8.18. The van der Waals surface area contributed by atoms with Crippen LogP contribution in [0.3, 0.4) is 0 Å². The van der Waals surface area contributed by atoms with E-state index in [9.17, 15) is 8.42 Å². The summed E-state index contributed by atoms with van der Waals surface area (Å²) < 4.78 is 23.8. The lowest BCUT2D eigenvalue weighted by molar-refractivity contribution is 0.210. The highest BCUT2D eigenvalue weighted by Crippen LogP contribution is 1.87. The molecule has 0 saturated heterocycles. The Morgan fingerprint density at radius 2 is 2.14 bits per heavy atom. The maximum atomic E-state index is 10.7. The van der Waals surface area contributed by atoms with E-state index < -0.39 is 10.0 Å². The summed E-state index contributed by atoms with van der Waals surface area (Å²) in [6.07, 6.45) is 2.84. The summed E-state index contributed by atoms with van der Waals surface area (Å²) in [5.41, 5.74) is 0. The van der Waals surface area contributed by atoms with Crippen LogP contribution in [0, 0.1) is 0 Å². The molecule has 0 aliphatic rings. The number of nitrogens with zero attached hydrogens (tertiary/aromatic N) is 1. The molecule has 0 unspecified atom stereocenters. The van der Waals surface area contributed by atoms with Gasteiger partial charge in [-0.3, -0.25) is 4.90 Å². The van der Waals surface area contributed by atoms with Gasteiger partial charge in [-0.05, 0) is 0 Å². The largest absolute Gasteiger partial charge is 0.395 e. The molecule has 0 atom stereocenters. The standard InChI is InChI=1S/C8H18N2O3S/c1-3-5-10(7-8-11)6-4-9-14(2,12)13/h3,9,11H,1,4-8H2,2H3. The van der Waals surface area contributed by atoms with E-state index in [1.54, 1.807) is 6.08 Å². The zero-order valence-electron chi connectivity index (χ0n) is 8.44. The monoisotopic (exact) mass is 222 g/mol. The van der Waals surface area contributed by atoms with Crippen molar-refractivity contribution >= 4 is 10.0 Å². The van der Waals surface area contributed by atoms with Gasteiger partial charge in [0.15, 0.2) is 0 Å². The molecule has 0 radical (unpaired) electrons. The summed E-state index contributed by atoms with van der Waals surface area (Å²) in [6, 6.07) is 0. The Kier molecular flexibility index (Phi) is 6.73. The molecule has 0 heterocycles. The van der Waals surface area contributed by atoms with Crippen LogP contribution in [0.15, 0.2) is 12.7 Å². The summed E-state index contributed by atoms with van der Waals surface area (Å²) >= 11 is 0. The fourth-order valence-electron chi connectivity index (χ4n) is 1.01. The summed E-state index contributed by atoms with van der Waals surface area (Å²) in [5.74, 6) is 0. The number of hydrogen-bond donors (Lipinski definition) is 2. The number of aliphatic hydroxyl groups is 1. The summed E-state index contributed by atoms with van der Waals surface area (Å²) in [6.45, 7) is 5.73. The van der Waals surface area contributed by atoms with E-state index >= 15 is 0 Å². The second kappa shape index (κ2) is 6.94. The van der Waals surface area contributed by atoms with Crippen LogP contribution in [-0.2, 0) is 10.0 Å². The molecule has 0 spiro atoms. The van der Waals surface area contributed by atoms with Crippen molar-refractivity contribution in [2.24, 2.45) is 0 Å². The van der Waals surface area contributed by atoms with Crippen molar-refractivity contribution in [3.05, 3.63) is 12.7 Å². The molecule has 5 nitrogen and oxygen atoms in total. The van der Waals surface area contributed by atoms with Crippen molar-refractivity contribution in [2.45, 2.75) is 0 Å². The lowest BCUT2D eigenvalue weighted by atomic mass is 10.4. The van der Waals surface area contributed by atoms with Gasteiger partial charge in [0.2, 0.25) is 10.0 Å². The molecule has 0 aromatic rings. The van der Waals surface area contributed by atoms with Gasteiger partial charge in [0.25, 0.3) is 0 Å². The smallest absolute Gasteiger partial charge is 0.208 e. The Balaban J connectivity index is 3.76. The van der Waals surface area contributed by atoms with Gasteiger partial charge in [0, 0.05) is 26.2 Å². The maximum absolute atomic E-state index is 10.7. The Bertz CT molecular complexity index is 251. The van der Waals surface area contributed by atoms with E-state index in [-0.39, 0.29) is 6.61 Å². The Morgan fingerprint density at radius 1 is 1.50 bits per heavy atom. The van der Waals surface area contributed by atoms with E-state index in [2.05, 4.69) is 11.3 Å². The molecule has 2 N–H and O–H groups in total. The van der Waals surface area contributed by atoms with E-state index in [4.69, 9.17) is 5.11 Å². The van der Waals surface area contributed by atoms with Crippen LogP contribution < -0.4 is 4.72 Å². The van der Waals surface area contributed by atoms with Crippen LogP contribution in [0.2, 0.25) is 0 Å². The molecule has 0 amide bonds. The van der Waals surface area contributed by atoms with E-state index in [0.717, 1.165) is 6.26 Å². The Morgan fingerprint density at radius 3 is 2.57 bits per heavy atom. The molecule has 0 aliphatic heterocycles. The topological polar surface area (TPSA) is 69.6 Å². The highest BCUT2D eigenvalue weighted by molar-refractivity contribution is 7.88. The summed E-state index contributed by atoms with van der Waals surface area (Å²) in [7, 11) is -3.11. The van der Waals surface area contributed by atoms with Crippen LogP contribution in [0.1, 0.15) is 0 Å². The fraction of sp³-hybridized carbons (Fsp3) is 0.750. The Hall–Kier alpha value is -0.430. The predicted molar refractivity (Wildman–Crippen MR) is 56.6 cm³/mol. The highest BCUT2D eigenvalue weighted by atomic mass is 32.2. The van der Waals surface area contributed by atoms with Gasteiger partial charge in [-0.15, -0.1) is 6.58 Å². The SMILES string of the molecule is C=CCN(CCO)CCNS(C)(=O)=O. The average Bonchev–Trinajstić information content (AvgIpc) is 2.02. The number of hydrogen-bond acceptors (Lipinski definition) is 4. The normalized spacial score (nSPS) is 11.9. The molecule has 0 rings (SSSR count). The van der Waals surface area contributed by atoms with Crippen LogP contribution >= 0.6 is 0 Å². The first kappa shape index (κ1) is 13.6. The lowest BCUT2D eigenvalue weighted by Crippen LogP contribution is -2.36. The van der Waals surface area contributed by atoms with Gasteiger partial charge in [0.05, 0.1) is 12.9 Å². The molecule has 0 saturated carbocycles. The molecule has 0 bridgehead atoms. The van der Waals surface area contributed by atoms with Gasteiger partial charge in [-0.25, -0.2) is 13.1 Å². The second-order valence-electron chi connectivity index (χ2n) is 2.98. The van der Waals surface area contributed by atoms with Gasteiger partial charge in [-0.2, -0.15) is 0 Å². The summed E-state index contributed by atoms with van der Waals surface area (Å²) in [5, 5.41) is 8.71. The molecule has 0 aromatic heterocycles. The number of nitrogens with one attached hydrogen (secondary N) is 1. The van der Waals surface area contributed by atoms with Crippen LogP contribution in [0.4, 0.5) is 0 Å². The van der Waals surface area contributed by atoms with Gasteiger partial charge in [0.1, 0.15) is 0 Å². The van der Waals surface area contributed by atoms with Crippen LogP contribution in [-0.4, -0.2) is 57.5 Å². The highest BCUT2D eigenvalue weighted by Gasteiger charge is 2.04. The molecule has 0 fully saturated rings. The van der Waals surface area contributed by atoms with Crippen molar-refractivity contribution < 1.29 is 13.5 Å². The lowest BCUT2D eigenvalue weighted by Gasteiger charge is -2.18. The second-order valence-corrected chi connectivity index (χ2v) is 4.81. The molecule has 84 valence electrons. The minimum Gasteiger partial charge on any atom is -0.395 e. The molecule has 0 aliphatic carbocycles. The fourth-order valence-corrected chi connectivity index (χ4v) is 1.47. The minimum absolute atomic E-state index is 0.0622. The third-order valence-corrected chi connectivity index (χ3v) is 2.32. The van der Waals surface area contributed by atoms with Gasteiger partial charge < -0.3 is 5.11 Å². The van der Waals surface area contributed by atoms with Crippen molar-refractivity contribution in [1.29, 1.82) is 0 Å². The first-order valence-corrected chi connectivity index (χ1v) is 6.27. The first-order chi connectivity index (χ1) is 6.49. The molecule has 14 heavy (non-hydrogen) atoms. The predicted octanol–water partition coefficient (Wildman–Crippen LogP) is -0.984. The third-order valence-electron chi connectivity index (χ3n) is 1.60. The minimum atomic E-state index is -3.11. The molecular weight excluding hydrogens is 204 g/mol. The van der Waals surface area contributed by atoms with Crippen LogP contribution in [0.5, 0.6) is 0 Å². The number of sulfonamides is 1. The quantitative estimate of drug-likeness (QED) is 0.518. The van der Waals surface area contributed by atoms with E-state index in [1.165, 1.54) is 0 Å². The van der Waals surface area contributed by atoms with Crippen molar-refractivity contribution in [3.8, 4) is 0 Å². The zero-order chi connectivity index (χ0) is 11.0. The Labute approximate surface area is 85.5 Å². The molecule has 6 heteroatoms. The average molecular weight is 222 g/mol. The molecular formula is C8H18N2O3S. The van der Waals surface area contributed by atoms with E-state index in [0.29, 0.717) is 26.2 Å². The van der Waals surface area contributed by atoms with Crippen molar-refractivity contribution in [2.75, 3.05) is 39.0 Å².